The van der Waals surface area contributed by atoms with Crippen LogP contribution in [-0.4, -0.2) is 42.7 Å². The van der Waals surface area contributed by atoms with Gasteiger partial charge in [0.25, 0.3) is 0 Å². The van der Waals surface area contributed by atoms with Gasteiger partial charge >= 0.3 is 5.97 Å². The van der Waals surface area contributed by atoms with Gasteiger partial charge in [-0.2, -0.15) is 0 Å². The van der Waals surface area contributed by atoms with E-state index >= 15 is 0 Å². The normalized spacial score (nSPS) is 15.2. The Balaban J connectivity index is 0.000000642. The number of carboxylic acids is 1. The molecule has 0 spiro atoms. The fourth-order valence-electron chi connectivity index (χ4n) is 2.62. The molecule has 0 aromatic carbocycles. The maximum absolute atomic E-state index is 10.1. The first-order valence-electron chi connectivity index (χ1n) is 9.76. The SMILES string of the molecule is C=C/C(OCCCCCCC)=C(/C)C(C)=C(C)C.CN1CC(C(=O)O)C1. The summed E-state index contributed by atoms with van der Waals surface area (Å²) in [5.74, 6) is 0.173. The summed E-state index contributed by atoms with van der Waals surface area (Å²) in [5, 5.41) is 8.32. The third kappa shape index (κ3) is 9.81. The molecule has 0 amide bonds. The predicted octanol–water partition coefficient (Wildman–Crippen LogP) is 5.42. The lowest BCUT2D eigenvalue weighted by atomic mass is 10.0. The molecule has 0 aliphatic carbocycles. The third-order valence-electron chi connectivity index (χ3n) is 4.79. The molecule has 1 N–H and O–H groups in total. The standard InChI is InChI=1S/C17H30O.C5H9NO2/c1-7-9-10-11-12-13-18-17(8-2)16(6)15(5)14(3)4;1-6-2-4(3-6)5(7)8/h8H,2,7,9-13H2,1,3-6H3;4H,2-3H2,1H3,(H,7,8)/b17-16+;. The average Bonchev–Trinajstić information content (AvgIpc) is 2.57. The van der Waals surface area contributed by atoms with Crippen LogP contribution in [0.2, 0.25) is 0 Å². The first-order valence-corrected chi connectivity index (χ1v) is 9.76. The minimum Gasteiger partial charge on any atom is -0.493 e. The molecule has 4 nitrogen and oxygen atoms in total. The van der Waals surface area contributed by atoms with E-state index in [0.717, 1.165) is 31.9 Å². The van der Waals surface area contributed by atoms with Gasteiger partial charge in [0.05, 0.1) is 12.5 Å². The van der Waals surface area contributed by atoms with E-state index in [4.69, 9.17) is 9.84 Å². The second-order valence-electron chi connectivity index (χ2n) is 7.34. The van der Waals surface area contributed by atoms with Gasteiger partial charge in [-0.05, 0) is 58.4 Å². The number of carbonyl (C=O) groups is 1. The van der Waals surface area contributed by atoms with Crippen LogP contribution in [0, 0.1) is 5.92 Å². The quantitative estimate of drug-likeness (QED) is 0.319. The molecule has 0 aromatic rings. The summed E-state index contributed by atoms with van der Waals surface area (Å²) < 4.78 is 5.83. The molecular formula is C22H39NO3. The Morgan fingerprint density at radius 2 is 1.69 bits per heavy atom. The van der Waals surface area contributed by atoms with Crippen LogP contribution in [-0.2, 0) is 9.53 Å². The van der Waals surface area contributed by atoms with E-state index in [1.54, 1.807) is 0 Å². The number of aliphatic carboxylic acids is 1. The van der Waals surface area contributed by atoms with Crippen molar-refractivity contribution in [1.82, 2.24) is 4.90 Å². The van der Waals surface area contributed by atoms with E-state index in [9.17, 15) is 4.79 Å². The Bertz CT molecular complexity index is 496. The summed E-state index contributed by atoms with van der Waals surface area (Å²) in [7, 11) is 1.92. The molecule has 1 aliphatic rings. The van der Waals surface area contributed by atoms with Crippen molar-refractivity contribution in [2.24, 2.45) is 5.92 Å². The lowest BCUT2D eigenvalue weighted by Crippen LogP contribution is -2.47. The number of nitrogens with zero attached hydrogens (tertiary/aromatic N) is 1. The molecule has 150 valence electrons. The van der Waals surface area contributed by atoms with Crippen LogP contribution in [0.25, 0.3) is 0 Å². The third-order valence-corrected chi connectivity index (χ3v) is 4.79. The largest absolute Gasteiger partial charge is 0.493 e. The highest BCUT2D eigenvalue weighted by Gasteiger charge is 2.29. The van der Waals surface area contributed by atoms with E-state index in [0.29, 0.717) is 0 Å². The Morgan fingerprint density at radius 1 is 1.12 bits per heavy atom. The molecule has 0 aromatic heterocycles. The summed E-state index contributed by atoms with van der Waals surface area (Å²) in [4.78, 5) is 12.1. The number of hydrogen-bond acceptors (Lipinski definition) is 3. The van der Waals surface area contributed by atoms with Crippen LogP contribution in [0.3, 0.4) is 0 Å². The molecule has 1 rings (SSSR count). The number of allylic oxidation sites excluding steroid dienone is 4. The lowest BCUT2D eigenvalue weighted by Gasteiger charge is -2.32. The van der Waals surface area contributed by atoms with Crippen LogP contribution in [0.4, 0.5) is 0 Å². The summed E-state index contributed by atoms with van der Waals surface area (Å²) in [6, 6.07) is 0. The van der Waals surface area contributed by atoms with Crippen LogP contribution in [0.5, 0.6) is 0 Å². The molecule has 1 heterocycles. The number of rotatable bonds is 10. The number of hydrogen-bond donors (Lipinski definition) is 1. The fourth-order valence-corrected chi connectivity index (χ4v) is 2.62. The predicted molar refractivity (Wildman–Crippen MR) is 110 cm³/mol. The van der Waals surface area contributed by atoms with Gasteiger partial charge in [-0.3, -0.25) is 4.79 Å². The van der Waals surface area contributed by atoms with Crippen molar-refractivity contribution >= 4 is 5.97 Å². The summed E-state index contributed by atoms with van der Waals surface area (Å²) in [6.07, 6.45) is 8.17. The van der Waals surface area contributed by atoms with Crippen molar-refractivity contribution in [3.63, 3.8) is 0 Å². The summed E-state index contributed by atoms with van der Waals surface area (Å²) in [5.41, 5.74) is 3.84. The van der Waals surface area contributed by atoms with Gasteiger partial charge in [-0.25, -0.2) is 0 Å². The monoisotopic (exact) mass is 365 g/mol. The van der Waals surface area contributed by atoms with Gasteiger partial charge in [0.2, 0.25) is 0 Å². The summed E-state index contributed by atoms with van der Waals surface area (Å²) in [6.45, 7) is 16.8. The summed E-state index contributed by atoms with van der Waals surface area (Å²) >= 11 is 0. The minimum absolute atomic E-state index is 0.0972. The second kappa shape index (κ2) is 13.6. The Labute approximate surface area is 160 Å². The van der Waals surface area contributed by atoms with Crippen molar-refractivity contribution in [1.29, 1.82) is 0 Å². The van der Waals surface area contributed by atoms with E-state index in [-0.39, 0.29) is 5.92 Å². The van der Waals surface area contributed by atoms with E-state index < -0.39 is 5.97 Å². The van der Waals surface area contributed by atoms with Gasteiger partial charge < -0.3 is 14.7 Å². The molecule has 0 atom stereocenters. The topological polar surface area (TPSA) is 49.8 Å². The molecule has 0 saturated carbocycles. The maximum atomic E-state index is 10.1. The van der Waals surface area contributed by atoms with E-state index in [1.807, 2.05) is 18.0 Å². The molecule has 4 heteroatoms. The second-order valence-corrected chi connectivity index (χ2v) is 7.34. The van der Waals surface area contributed by atoms with Crippen LogP contribution in [0.15, 0.2) is 35.1 Å². The first kappa shape index (κ1) is 24.5. The van der Waals surface area contributed by atoms with Crippen LogP contribution >= 0.6 is 0 Å². The van der Waals surface area contributed by atoms with Crippen molar-refractivity contribution in [3.8, 4) is 0 Å². The fraction of sp³-hybridized carbons (Fsp3) is 0.682. The zero-order valence-electron chi connectivity index (χ0n) is 17.7. The van der Waals surface area contributed by atoms with E-state index in [1.165, 1.54) is 42.4 Å². The minimum atomic E-state index is -0.664. The van der Waals surface area contributed by atoms with Crippen molar-refractivity contribution in [2.75, 3.05) is 26.7 Å². The van der Waals surface area contributed by atoms with Crippen molar-refractivity contribution in [2.45, 2.75) is 66.7 Å². The maximum Gasteiger partial charge on any atom is 0.309 e. The molecule has 0 unspecified atom stereocenters. The molecule has 0 radical (unpaired) electrons. The highest BCUT2D eigenvalue weighted by molar-refractivity contribution is 5.71. The van der Waals surface area contributed by atoms with Gasteiger partial charge in [0.1, 0.15) is 5.76 Å². The van der Waals surface area contributed by atoms with Gasteiger partial charge in [0, 0.05) is 13.1 Å². The smallest absolute Gasteiger partial charge is 0.309 e. The van der Waals surface area contributed by atoms with E-state index in [2.05, 4.69) is 41.2 Å². The van der Waals surface area contributed by atoms with Gasteiger partial charge in [-0.1, -0.05) is 44.8 Å². The zero-order chi connectivity index (χ0) is 20.1. The molecule has 1 saturated heterocycles. The Kier molecular flexibility index (Phi) is 12.8. The molecule has 26 heavy (non-hydrogen) atoms. The lowest BCUT2D eigenvalue weighted by molar-refractivity contribution is -0.146. The highest BCUT2D eigenvalue weighted by Crippen LogP contribution is 2.19. The van der Waals surface area contributed by atoms with Crippen LogP contribution in [0.1, 0.15) is 66.7 Å². The number of likely N-dealkylation sites (tertiary alicyclic amines) is 1. The average molecular weight is 366 g/mol. The number of ether oxygens (including phenoxy) is 1. The Hall–Kier alpha value is -1.55. The van der Waals surface area contributed by atoms with Gasteiger partial charge in [0.15, 0.2) is 0 Å². The first-order chi connectivity index (χ1) is 12.2. The highest BCUT2D eigenvalue weighted by atomic mass is 16.5. The number of unbranched alkanes of at least 4 members (excludes halogenated alkanes) is 4. The van der Waals surface area contributed by atoms with Crippen LogP contribution < -0.4 is 0 Å². The van der Waals surface area contributed by atoms with Crippen molar-refractivity contribution < 1.29 is 14.6 Å². The molecule has 1 aliphatic heterocycles. The zero-order valence-corrected chi connectivity index (χ0v) is 17.7. The van der Waals surface area contributed by atoms with Gasteiger partial charge in [-0.15, -0.1) is 0 Å². The molecular weight excluding hydrogens is 326 g/mol. The number of carboxylic acid groups (broad SMARTS) is 1. The molecule has 1 fully saturated rings. The molecule has 0 bridgehead atoms. The van der Waals surface area contributed by atoms with Crippen molar-refractivity contribution in [3.05, 3.63) is 35.1 Å². The Morgan fingerprint density at radius 3 is 2.08 bits per heavy atom.